The van der Waals surface area contributed by atoms with Crippen LogP contribution in [0.25, 0.3) is 111 Å². The van der Waals surface area contributed by atoms with Gasteiger partial charge in [-0.25, -0.2) is 0 Å². The van der Waals surface area contributed by atoms with Gasteiger partial charge in [0.2, 0.25) is 0 Å². The van der Waals surface area contributed by atoms with E-state index < -0.39 is 12.1 Å². The molecule has 0 saturated heterocycles. The zero-order valence-electron chi connectivity index (χ0n) is 40.4. The Kier molecular flexibility index (Phi) is 6.95. The Hall–Kier alpha value is -8.20. The molecule has 0 aliphatic heterocycles. The van der Waals surface area contributed by atoms with Crippen molar-refractivity contribution in [3.8, 4) is 67.0 Å². The normalized spacial score (nSPS) is 13.1. The molecule has 2 heteroatoms. The molecule has 10 aromatic carbocycles. The minimum atomic E-state index is -0.434. The van der Waals surface area contributed by atoms with Gasteiger partial charge in [0.25, 0.3) is 0 Å². The third kappa shape index (κ3) is 6.04. The second-order valence-corrected chi connectivity index (χ2v) is 15.6. The molecule has 0 radical (unpaired) electrons. The van der Waals surface area contributed by atoms with Crippen molar-refractivity contribution in [1.82, 2.24) is 9.13 Å². The van der Waals surface area contributed by atoms with Crippen LogP contribution in [0.15, 0.2) is 242 Å². The van der Waals surface area contributed by atoms with Crippen LogP contribution in [0, 0.1) is 0 Å². The van der Waals surface area contributed by atoms with Gasteiger partial charge >= 0.3 is 0 Å². The van der Waals surface area contributed by atoms with E-state index in [1.807, 2.05) is 127 Å². The Morgan fingerprint density at radius 1 is 0.290 bits per heavy atom. The van der Waals surface area contributed by atoms with E-state index in [0.717, 1.165) is 72.0 Å². The van der Waals surface area contributed by atoms with E-state index in [4.69, 9.17) is 2.74 Å². The summed E-state index contributed by atoms with van der Waals surface area (Å²) in [5.41, 5.74) is 12.4. The number of fused-ring (bicyclic) bond motifs is 6. The van der Waals surface area contributed by atoms with Crippen molar-refractivity contribution in [1.29, 1.82) is 0 Å². The maximum absolute atomic E-state index is 10.1. The van der Waals surface area contributed by atoms with Gasteiger partial charge in [0.05, 0.1) is 31.7 Å². The van der Waals surface area contributed by atoms with Crippen LogP contribution < -0.4 is 0 Å². The first-order valence-electron chi connectivity index (χ1n) is 24.3. The molecule has 2 nitrogen and oxygen atoms in total. The summed E-state index contributed by atoms with van der Waals surface area (Å²) in [6, 6.07) is 65.1. The Morgan fingerprint density at radius 2 is 0.839 bits per heavy atom. The standard InChI is InChI=1S/C60H40N2/c1-5-16-41(17-6-1)44-28-32-50(33-29-44)61-58-35-31-47(40-55(58)60-52(25-15-27-59(60)61)45-22-11-4-12-23-45)46-30-34-57-54(39-46)53-24-13-14-26-56(53)62(57)51-37-48(42-18-7-2-8-19-42)36-49(38-51)43-20-9-3-10-21-43/h1-40H/i13D,14D,24D,26D,30D,34D,39D. The molecule has 0 aliphatic rings. The van der Waals surface area contributed by atoms with E-state index in [-0.39, 0.29) is 57.6 Å². The first kappa shape index (κ1) is 29.1. The van der Waals surface area contributed by atoms with Crippen LogP contribution in [0.4, 0.5) is 0 Å². The molecule has 290 valence electrons. The number of hydrogen-bond acceptors (Lipinski definition) is 0. The van der Waals surface area contributed by atoms with Gasteiger partial charge in [-0.2, -0.15) is 0 Å². The predicted molar refractivity (Wildman–Crippen MR) is 262 cm³/mol. The van der Waals surface area contributed by atoms with Crippen LogP contribution in [0.3, 0.4) is 0 Å². The van der Waals surface area contributed by atoms with Crippen molar-refractivity contribution < 1.29 is 9.60 Å². The Bertz CT molecular complexity index is 3940. The van der Waals surface area contributed by atoms with Crippen molar-refractivity contribution in [2.45, 2.75) is 0 Å². The fourth-order valence-corrected chi connectivity index (χ4v) is 9.05. The Balaban J connectivity index is 1.14. The third-order valence-electron chi connectivity index (χ3n) is 11.9. The van der Waals surface area contributed by atoms with Gasteiger partial charge in [-0.3, -0.25) is 0 Å². The minimum absolute atomic E-state index is 0.0925. The van der Waals surface area contributed by atoms with E-state index in [1.54, 1.807) is 4.57 Å². The molecule has 0 bridgehead atoms. The molecular formula is C60H40N2. The van der Waals surface area contributed by atoms with Crippen molar-refractivity contribution in [2.24, 2.45) is 0 Å². The molecule has 12 aromatic rings. The molecule has 0 spiro atoms. The quantitative estimate of drug-likeness (QED) is 0.152. The molecule has 0 saturated carbocycles. The third-order valence-corrected chi connectivity index (χ3v) is 11.9. The van der Waals surface area contributed by atoms with Gasteiger partial charge < -0.3 is 9.13 Å². The van der Waals surface area contributed by atoms with Gasteiger partial charge in [-0.15, -0.1) is 0 Å². The molecule has 2 aromatic heterocycles. The summed E-state index contributed by atoms with van der Waals surface area (Å²) < 4.78 is 70.3. The average Bonchev–Trinajstić information content (AvgIpc) is 3.94. The molecule has 12 rings (SSSR count). The summed E-state index contributed by atoms with van der Waals surface area (Å²) in [6.07, 6.45) is 0. The summed E-state index contributed by atoms with van der Waals surface area (Å²) in [5, 5.41) is 2.21. The number of aromatic nitrogens is 2. The fraction of sp³-hybridized carbons (Fsp3) is 0. The van der Waals surface area contributed by atoms with Crippen molar-refractivity contribution >= 4 is 43.6 Å². The second-order valence-electron chi connectivity index (χ2n) is 15.6. The minimum Gasteiger partial charge on any atom is -0.309 e. The van der Waals surface area contributed by atoms with Gasteiger partial charge in [0.1, 0.15) is 0 Å². The predicted octanol–water partition coefficient (Wildman–Crippen LogP) is 16.2. The van der Waals surface area contributed by atoms with Crippen LogP contribution in [0.1, 0.15) is 9.60 Å². The number of rotatable bonds is 7. The number of para-hydroxylation sites is 1. The zero-order valence-corrected chi connectivity index (χ0v) is 33.4. The average molecular weight is 796 g/mol. The highest BCUT2D eigenvalue weighted by Crippen LogP contribution is 2.42. The molecule has 62 heavy (non-hydrogen) atoms. The molecule has 0 N–H and O–H groups in total. The lowest BCUT2D eigenvalue weighted by Crippen LogP contribution is -1.96. The van der Waals surface area contributed by atoms with Crippen molar-refractivity contribution in [3.05, 3.63) is 242 Å². The van der Waals surface area contributed by atoms with Gasteiger partial charge in [-0.05, 0) is 122 Å². The molecule has 0 unspecified atom stereocenters. The molecule has 0 amide bonds. The summed E-state index contributed by atoms with van der Waals surface area (Å²) in [6.45, 7) is 0. The smallest absolute Gasteiger partial charge is 0.0645 e. The van der Waals surface area contributed by atoms with E-state index in [9.17, 15) is 6.85 Å². The largest absolute Gasteiger partial charge is 0.309 e. The summed E-state index contributed by atoms with van der Waals surface area (Å²) in [4.78, 5) is 0. The van der Waals surface area contributed by atoms with Crippen LogP contribution in [-0.4, -0.2) is 9.13 Å². The lowest BCUT2D eigenvalue weighted by molar-refractivity contribution is 1.18. The highest BCUT2D eigenvalue weighted by atomic mass is 15.0. The van der Waals surface area contributed by atoms with Crippen molar-refractivity contribution in [2.75, 3.05) is 0 Å². The summed E-state index contributed by atoms with van der Waals surface area (Å²) >= 11 is 0. The SMILES string of the molecule is [2H]c1c([2H])c([2H])c2c(c1[2H])c1c([2H])c(-c3ccc4c(c3)c3c(-c5ccccc5)cccc3n4-c3ccc(-c4ccccc4)cc3)c([2H])c([2H])c1n2-c1cc(-c2ccccc2)cc(-c2ccccc2)c1. The first-order valence-corrected chi connectivity index (χ1v) is 20.8. The maximum atomic E-state index is 10.1. The molecule has 0 fully saturated rings. The monoisotopic (exact) mass is 795 g/mol. The second kappa shape index (κ2) is 14.8. The number of hydrogen-bond donors (Lipinski definition) is 0. The van der Waals surface area contributed by atoms with E-state index in [2.05, 4.69) is 77.4 Å². The van der Waals surface area contributed by atoms with E-state index >= 15 is 0 Å². The highest BCUT2D eigenvalue weighted by molar-refractivity contribution is 6.17. The van der Waals surface area contributed by atoms with E-state index in [0.29, 0.717) is 11.3 Å². The Labute approximate surface area is 370 Å². The highest BCUT2D eigenvalue weighted by Gasteiger charge is 2.19. The molecule has 2 heterocycles. The Morgan fingerprint density at radius 3 is 1.50 bits per heavy atom. The number of benzene rings is 10. The van der Waals surface area contributed by atoms with Crippen LogP contribution in [-0.2, 0) is 0 Å². The fourth-order valence-electron chi connectivity index (χ4n) is 9.05. The van der Waals surface area contributed by atoms with Gasteiger partial charge in [-0.1, -0.05) is 176 Å². The van der Waals surface area contributed by atoms with Crippen LogP contribution in [0.2, 0.25) is 0 Å². The number of nitrogens with zero attached hydrogens (tertiary/aromatic N) is 2. The van der Waals surface area contributed by atoms with Gasteiger partial charge in [0.15, 0.2) is 0 Å². The molecular weight excluding hydrogens is 749 g/mol. The first-order chi connectivity index (χ1) is 33.7. The lowest BCUT2D eigenvalue weighted by Gasteiger charge is -2.14. The molecule has 0 atom stereocenters. The van der Waals surface area contributed by atoms with Crippen molar-refractivity contribution in [3.63, 3.8) is 0 Å². The topological polar surface area (TPSA) is 9.86 Å². The summed E-state index contributed by atoms with van der Waals surface area (Å²) in [7, 11) is 0. The summed E-state index contributed by atoms with van der Waals surface area (Å²) in [5.74, 6) is 0. The van der Waals surface area contributed by atoms with Crippen LogP contribution >= 0.6 is 0 Å². The maximum Gasteiger partial charge on any atom is 0.0645 e. The zero-order chi connectivity index (χ0) is 47.1. The van der Waals surface area contributed by atoms with E-state index in [1.165, 1.54) is 0 Å². The lowest BCUT2D eigenvalue weighted by atomic mass is 9.97. The molecule has 0 aliphatic carbocycles. The van der Waals surface area contributed by atoms with Crippen LogP contribution in [0.5, 0.6) is 0 Å². The van der Waals surface area contributed by atoms with Gasteiger partial charge in [0, 0.05) is 32.9 Å².